The van der Waals surface area contributed by atoms with Gasteiger partial charge in [-0.2, -0.15) is 5.26 Å². The molecule has 1 fully saturated rings. The van der Waals surface area contributed by atoms with E-state index in [1.165, 1.54) is 0 Å². The Balaban J connectivity index is 1.57. The van der Waals surface area contributed by atoms with E-state index in [9.17, 15) is 19.6 Å². The molecule has 36 heavy (non-hydrogen) atoms. The third-order valence-electron chi connectivity index (χ3n) is 6.18. The molecule has 0 spiro atoms. The lowest BCUT2D eigenvalue weighted by molar-refractivity contribution is -0.119. The Labute approximate surface area is 211 Å². The molecule has 1 aliphatic carbocycles. The van der Waals surface area contributed by atoms with Gasteiger partial charge in [-0.1, -0.05) is 25.0 Å². The quantitative estimate of drug-likeness (QED) is 0.527. The van der Waals surface area contributed by atoms with Crippen molar-refractivity contribution < 1.29 is 23.9 Å². The molecule has 0 aliphatic heterocycles. The minimum atomic E-state index is -0.643. The smallest absolute Gasteiger partial charge is 0.407 e. The Hall–Kier alpha value is -3.80. The van der Waals surface area contributed by atoms with E-state index in [1.807, 2.05) is 18.4 Å². The first-order chi connectivity index (χ1) is 17.0. The van der Waals surface area contributed by atoms with E-state index >= 15 is 0 Å². The van der Waals surface area contributed by atoms with E-state index in [2.05, 4.69) is 16.7 Å². The maximum Gasteiger partial charge on any atom is 0.407 e. The van der Waals surface area contributed by atoms with Crippen molar-refractivity contribution in [2.75, 3.05) is 11.9 Å². The summed E-state index contributed by atoms with van der Waals surface area (Å²) in [6.45, 7) is 8.95. The number of benzene rings is 1. The molecule has 0 atom stereocenters. The molecule has 2 N–H and O–H groups in total. The van der Waals surface area contributed by atoms with Gasteiger partial charge in [-0.15, -0.1) is 0 Å². The number of rotatable bonds is 7. The predicted octanol–water partition coefficient (Wildman–Crippen LogP) is 4.91. The van der Waals surface area contributed by atoms with Crippen LogP contribution in [0.4, 0.5) is 10.6 Å². The zero-order valence-electron chi connectivity index (χ0n) is 21.6. The van der Waals surface area contributed by atoms with Gasteiger partial charge in [0.25, 0.3) is 5.91 Å². The second-order valence-electron chi connectivity index (χ2n) is 10.0. The van der Waals surface area contributed by atoms with Gasteiger partial charge in [0.1, 0.15) is 17.5 Å². The van der Waals surface area contributed by atoms with E-state index in [0.29, 0.717) is 11.4 Å². The van der Waals surface area contributed by atoms with Crippen LogP contribution in [0.5, 0.6) is 0 Å². The number of carbonyl (C=O) groups excluding carboxylic acids is 3. The highest BCUT2D eigenvalue weighted by atomic mass is 16.6. The molecule has 1 saturated carbocycles. The minimum absolute atomic E-state index is 0.243. The molecule has 192 valence electrons. The number of ether oxygens (including phenoxy) is 2. The van der Waals surface area contributed by atoms with Crippen LogP contribution in [-0.2, 0) is 20.8 Å². The summed E-state index contributed by atoms with van der Waals surface area (Å²) < 4.78 is 12.4. The van der Waals surface area contributed by atoms with E-state index in [-0.39, 0.29) is 18.2 Å². The molecule has 0 radical (unpaired) electrons. The van der Waals surface area contributed by atoms with Crippen molar-refractivity contribution in [3.63, 3.8) is 0 Å². The number of hydrogen-bond acceptors (Lipinski definition) is 6. The number of hydrogen-bond donors (Lipinski definition) is 2. The summed E-state index contributed by atoms with van der Waals surface area (Å²) in [4.78, 5) is 36.9. The van der Waals surface area contributed by atoms with Crippen LogP contribution in [0.1, 0.15) is 85.2 Å². The van der Waals surface area contributed by atoms with Crippen LogP contribution in [0.25, 0.3) is 0 Å². The third kappa shape index (κ3) is 6.66. The van der Waals surface area contributed by atoms with E-state index < -0.39 is 30.2 Å². The topological polar surface area (TPSA) is 122 Å². The van der Waals surface area contributed by atoms with E-state index in [0.717, 1.165) is 42.5 Å². The lowest BCUT2D eigenvalue weighted by atomic mass is 10.1. The first kappa shape index (κ1) is 26.8. The number of alkyl carbamates (subject to hydrolysis) is 1. The third-order valence-corrected chi connectivity index (χ3v) is 6.18. The lowest BCUT2D eigenvalue weighted by Gasteiger charge is -2.19. The van der Waals surface area contributed by atoms with Crippen LogP contribution in [-0.4, -0.2) is 34.7 Å². The SMILES string of the molecule is Cc1c(C#N)c(NC(=O)COC(=O)c2ccc(CNC(=O)OC(C)(C)C)cc2)n(C2CCCC2)c1C. The summed E-state index contributed by atoms with van der Waals surface area (Å²) in [5, 5.41) is 15.1. The van der Waals surface area contributed by atoms with E-state index in [1.54, 1.807) is 45.0 Å². The van der Waals surface area contributed by atoms with Crippen molar-refractivity contribution in [3.8, 4) is 6.07 Å². The van der Waals surface area contributed by atoms with Crippen LogP contribution in [0.2, 0.25) is 0 Å². The van der Waals surface area contributed by atoms with Gasteiger partial charge in [0.2, 0.25) is 0 Å². The van der Waals surface area contributed by atoms with Gasteiger partial charge < -0.3 is 24.7 Å². The monoisotopic (exact) mass is 494 g/mol. The molecule has 1 aliphatic rings. The van der Waals surface area contributed by atoms with Gasteiger partial charge in [0.05, 0.1) is 11.1 Å². The van der Waals surface area contributed by atoms with Crippen molar-refractivity contribution >= 4 is 23.8 Å². The molecule has 9 nitrogen and oxygen atoms in total. The normalized spacial score (nSPS) is 13.7. The first-order valence-electron chi connectivity index (χ1n) is 12.1. The van der Waals surface area contributed by atoms with Crippen molar-refractivity contribution in [2.24, 2.45) is 0 Å². The highest BCUT2D eigenvalue weighted by Gasteiger charge is 2.27. The van der Waals surface area contributed by atoms with Crippen molar-refractivity contribution in [3.05, 3.63) is 52.2 Å². The molecule has 0 unspecified atom stereocenters. The zero-order valence-corrected chi connectivity index (χ0v) is 21.6. The maximum atomic E-state index is 12.6. The molecular formula is C27H34N4O5. The number of carbonyl (C=O) groups is 3. The van der Waals surface area contributed by atoms with E-state index in [4.69, 9.17) is 9.47 Å². The number of esters is 1. The second kappa shape index (κ2) is 11.3. The first-order valence-corrected chi connectivity index (χ1v) is 12.1. The number of nitrogens with one attached hydrogen (secondary N) is 2. The number of amides is 2. The second-order valence-corrected chi connectivity index (χ2v) is 10.0. The summed E-state index contributed by atoms with van der Waals surface area (Å²) in [5.74, 6) is -0.673. The van der Waals surface area contributed by atoms with Crippen LogP contribution < -0.4 is 10.6 Å². The molecule has 2 amide bonds. The Morgan fingerprint density at radius 3 is 2.33 bits per heavy atom. The highest BCUT2D eigenvalue weighted by Crippen LogP contribution is 2.37. The summed E-state index contributed by atoms with van der Waals surface area (Å²) in [6.07, 6.45) is 3.71. The standard InChI is InChI=1S/C27H34N4O5/c1-17-18(2)31(21-8-6-7-9-21)24(22(17)14-28)30-23(32)16-35-25(33)20-12-10-19(11-13-20)15-29-26(34)36-27(3,4)5/h10-13,21H,6-9,15-16H2,1-5H3,(H,29,34)(H,30,32). The predicted molar refractivity (Wildman–Crippen MR) is 135 cm³/mol. The van der Waals surface area contributed by atoms with Gasteiger partial charge in [0.15, 0.2) is 6.61 Å². The minimum Gasteiger partial charge on any atom is -0.452 e. The van der Waals surface area contributed by atoms with Gasteiger partial charge in [0, 0.05) is 18.3 Å². The Morgan fingerprint density at radius 1 is 1.11 bits per heavy atom. The fourth-order valence-electron chi connectivity index (χ4n) is 4.34. The molecule has 0 saturated heterocycles. The summed E-state index contributed by atoms with van der Waals surface area (Å²) in [6, 6.07) is 8.95. The average Bonchev–Trinajstić information content (AvgIpc) is 3.42. The fourth-order valence-corrected chi connectivity index (χ4v) is 4.34. The molecule has 1 heterocycles. The molecule has 9 heteroatoms. The summed E-state index contributed by atoms with van der Waals surface area (Å²) >= 11 is 0. The molecule has 3 rings (SSSR count). The molecular weight excluding hydrogens is 460 g/mol. The Morgan fingerprint density at radius 2 is 1.75 bits per heavy atom. The zero-order chi connectivity index (χ0) is 26.5. The maximum absolute atomic E-state index is 12.6. The summed E-state index contributed by atoms with van der Waals surface area (Å²) in [5.41, 5.74) is 2.72. The largest absolute Gasteiger partial charge is 0.452 e. The van der Waals surface area contributed by atoms with Crippen molar-refractivity contribution in [1.82, 2.24) is 9.88 Å². The molecule has 1 aromatic carbocycles. The van der Waals surface area contributed by atoms with Crippen LogP contribution in [0, 0.1) is 25.2 Å². The van der Waals surface area contributed by atoms with Gasteiger partial charge in [-0.3, -0.25) is 4.79 Å². The fraction of sp³-hybridized carbons (Fsp3) is 0.481. The average molecular weight is 495 g/mol. The molecule has 2 aromatic rings. The van der Waals surface area contributed by atoms with Crippen LogP contribution in [0.15, 0.2) is 24.3 Å². The number of nitrogens with zero attached hydrogens (tertiary/aromatic N) is 2. The van der Waals surface area contributed by atoms with Gasteiger partial charge in [-0.05, 0) is 70.7 Å². The number of nitriles is 1. The molecule has 1 aromatic heterocycles. The summed E-state index contributed by atoms with van der Waals surface area (Å²) in [7, 11) is 0. The lowest BCUT2D eigenvalue weighted by Crippen LogP contribution is -2.32. The number of aromatic nitrogens is 1. The number of anilines is 1. The van der Waals surface area contributed by atoms with Gasteiger partial charge >= 0.3 is 12.1 Å². The Kier molecular flexibility index (Phi) is 8.41. The van der Waals surface area contributed by atoms with Gasteiger partial charge in [-0.25, -0.2) is 9.59 Å². The van der Waals surface area contributed by atoms with Crippen LogP contribution >= 0.6 is 0 Å². The Bertz CT molecular complexity index is 1160. The van der Waals surface area contributed by atoms with Crippen molar-refractivity contribution in [1.29, 1.82) is 5.26 Å². The van der Waals surface area contributed by atoms with Crippen LogP contribution in [0.3, 0.4) is 0 Å². The van der Waals surface area contributed by atoms with Crippen molar-refractivity contribution in [2.45, 2.75) is 78.5 Å². The highest BCUT2D eigenvalue weighted by molar-refractivity contribution is 5.96. The molecule has 0 bridgehead atoms.